The van der Waals surface area contributed by atoms with Crippen molar-refractivity contribution >= 4 is 32.3 Å². The average Bonchev–Trinajstić information content (AvgIpc) is 3.25. The lowest BCUT2D eigenvalue weighted by Crippen LogP contribution is -2.18. The highest BCUT2D eigenvalue weighted by Crippen LogP contribution is 2.30. The summed E-state index contributed by atoms with van der Waals surface area (Å²) in [5.41, 5.74) is 5.03. The first-order chi connectivity index (χ1) is 17.4. The normalized spacial score (nSPS) is 11.5. The molecule has 0 bridgehead atoms. The van der Waals surface area contributed by atoms with Crippen LogP contribution in [0.4, 0.5) is 5.69 Å². The number of aryl methyl sites for hydroxylation is 1. The van der Waals surface area contributed by atoms with Gasteiger partial charge in [-0.05, 0) is 35.7 Å². The maximum atomic E-state index is 13.4. The molecule has 0 aliphatic heterocycles. The van der Waals surface area contributed by atoms with Crippen LogP contribution >= 0.6 is 0 Å². The summed E-state index contributed by atoms with van der Waals surface area (Å²) in [5, 5.41) is 3.62. The van der Waals surface area contributed by atoms with Crippen LogP contribution in [0.25, 0.3) is 22.0 Å². The van der Waals surface area contributed by atoms with Gasteiger partial charge in [-0.15, -0.1) is 0 Å². The van der Waals surface area contributed by atoms with E-state index < -0.39 is 9.84 Å². The van der Waals surface area contributed by atoms with Crippen molar-refractivity contribution in [3.05, 3.63) is 120 Å². The molecule has 0 saturated carbocycles. The molecule has 4 aromatic carbocycles. The predicted molar refractivity (Wildman–Crippen MR) is 145 cm³/mol. The number of nitrogens with one attached hydrogen (secondary N) is 1. The summed E-state index contributed by atoms with van der Waals surface area (Å²) >= 11 is 0. The minimum absolute atomic E-state index is 0.0104. The molecule has 1 heterocycles. The Kier molecular flexibility index (Phi) is 6.44. The van der Waals surface area contributed by atoms with E-state index in [2.05, 4.69) is 5.32 Å². The van der Waals surface area contributed by atoms with E-state index in [1.165, 1.54) is 0 Å². The number of rotatable bonds is 7. The molecule has 1 amide bonds. The summed E-state index contributed by atoms with van der Waals surface area (Å²) in [5.74, 6) is -0.327. The zero-order valence-electron chi connectivity index (χ0n) is 19.9. The van der Waals surface area contributed by atoms with E-state index in [4.69, 9.17) is 0 Å². The monoisotopic (exact) mass is 494 g/mol. The zero-order valence-corrected chi connectivity index (χ0v) is 20.7. The van der Waals surface area contributed by atoms with Crippen molar-refractivity contribution in [3.8, 4) is 11.1 Å². The molecule has 0 atom stereocenters. The third kappa shape index (κ3) is 4.81. The molecule has 0 fully saturated rings. The Morgan fingerprint density at radius 3 is 2.28 bits per heavy atom. The Morgan fingerprint density at radius 2 is 1.47 bits per heavy atom. The fourth-order valence-corrected chi connectivity index (χ4v) is 6.14. The van der Waals surface area contributed by atoms with E-state index in [0.29, 0.717) is 16.6 Å². The van der Waals surface area contributed by atoms with Crippen LogP contribution in [0.5, 0.6) is 0 Å². The molecule has 1 N–H and O–H groups in total. The Hall–Kier alpha value is -4.16. The molecule has 1 aromatic heterocycles. The number of anilines is 1. The Labute approximate surface area is 211 Å². The fraction of sp³-hybridized carbons (Fsp3) is 0.100. The molecule has 180 valence electrons. The maximum absolute atomic E-state index is 13.4. The van der Waals surface area contributed by atoms with Crippen LogP contribution < -0.4 is 5.32 Å². The van der Waals surface area contributed by atoms with Crippen molar-refractivity contribution in [2.75, 3.05) is 5.32 Å². The molecule has 6 heteroatoms. The standard InChI is InChI=1S/C30H26N2O3S/c1-22-11-5-6-14-24(22)21-36(34,35)29-19-32(28-18-10-8-16-26(28)29)20-30(33)31-27-17-9-7-15-25(27)23-12-3-2-4-13-23/h2-19H,20-21H2,1H3,(H,31,33). The number of hydrogen-bond acceptors (Lipinski definition) is 3. The quantitative estimate of drug-likeness (QED) is 0.292. The molecule has 0 aliphatic carbocycles. The number of nitrogens with zero attached hydrogens (tertiary/aromatic N) is 1. The summed E-state index contributed by atoms with van der Waals surface area (Å²) in [6.45, 7) is 1.90. The Balaban J connectivity index is 1.44. The molecule has 5 nitrogen and oxygen atoms in total. The Morgan fingerprint density at radius 1 is 0.806 bits per heavy atom. The predicted octanol–water partition coefficient (Wildman–Crippen LogP) is 6.23. The smallest absolute Gasteiger partial charge is 0.244 e. The maximum Gasteiger partial charge on any atom is 0.244 e. The van der Waals surface area contributed by atoms with Gasteiger partial charge in [-0.1, -0.05) is 91.0 Å². The third-order valence-corrected chi connectivity index (χ3v) is 7.98. The molecular formula is C30H26N2O3S. The lowest BCUT2D eigenvalue weighted by Gasteiger charge is -2.12. The van der Waals surface area contributed by atoms with Gasteiger partial charge in [0.05, 0.1) is 10.6 Å². The second-order valence-electron chi connectivity index (χ2n) is 8.78. The van der Waals surface area contributed by atoms with Crippen LogP contribution in [0, 0.1) is 6.92 Å². The number of benzene rings is 4. The van der Waals surface area contributed by atoms with Crippen molar-refractivity contribution in [2.24, 2.45) is 0 Å². The van der Waals surface area contributed by atoms with E-state index in [1.54, 1.807) is 16.8 Å². The van der Waals surface area contributed by atoms with Crippen molar-refractivity contribution in [2.45, 2.75) is 24.1 Å². The summed E-state index contributed by atoms with van der Waals surface area (Å²) in [6, 6.07) is 32.3. The lowest BCUT2D eigenvalue weighted by molar-refractivity contribution is -0.116. The van der Waals surface area contributed by atoms with Gasteiger partial charge in [0.2, 0.25) is 5.91 Å². The number of carbonyl (C=O) groups excluding carboxylic acids is 1. The van der Waals surface area contributed by atoms with Gasteiger partial charge in [-0.25, -0.2) is 8.42 Å². The van der Waals surface area contributed by atoms with E-state index in [-0.39, 0.29) is 23.1 Å². The molecule has 0 radical (unpaired) electrons. The second-order valence-corrected chi connectivity index (χ2v) is 10.7. The minimum Gasteiger partial charge on any atom is -0.337 e. The summed E-state index contributed by atoms with van der Waals surface area (Å²) in [6.07, 6.45) is 1.58. The van der Waals surface area contributed by atoms with Crippen LogP contribution in [0.2, 0.25) is 0 Å². The van der Waals surface area contributed by atoms with Crippen molar-refractivity contribution < 1.29 is 13.2 Å². The van der Waals surface area contributed by atoms with Gasteiger partial charge in [0.1, 0.15) is 6.54 Å². The summed E-state index contributed by atoms with van der Waals surface area (Å²) in [7, 11) is -3.63. The van der Waals surface area contributed by atoms with Gasteiger partial charge in [-0.2, -0.15) is 0 Å². The fourth-order valence-electron chi connectivity index (χ4n) is 4.45. The van der Waals surface area contributed by atoms with Gasteiger partial charge in [-0.3, -0.25) is 4.79 Å². The van der Waals surface area contributed by atoms with E-state index >= 15 is 0 Å². The van der Waals surface area contributed by atoms with Gasteiger partial charge in [0, 0.05) is 28.4 Å². The van der Waals surface area contributed by atoms with Gasteiger partial charge in [0.15, 0.2) is 9.84 Å². The highest BCUT2D eigenvalue weighted by atomic mass is 32.2. The number of aromatic nitrogens is 1. The number of hydrogen-bond donors (Lipinski definition) is 1. The van der Waals surface area contributed by atoms with Crippen LogP contribution in [-0.2, 0) is 26.9 Å². The number of fused-ring (bicyclic) bond motifs is 1. The summed E-state index contributed by atoms with van der Waals surface area (Å²) < 4.78 is 28.6. The SMILES string of the molecule is Cc1ccccc1CS(=O)(=O)c1cn(CC(=O)Nc2ccccc2-c2ccccc2)c2ccccc12. The first kappa shape index (κ1) is 23.6. The van der Waals surface area contributed by atoms with Crippen LogP contribution in [0.3, 0.4) is 0 Å². The zero-order chi connectivity index (χ0) is 25.1. The molecule has 36 heavy (non-hydrogen) atoms. The molecule has 0 saturated heterocycles. The first-order valence-corrected chi connectivity index (χ1v) is 13.4. The lowest BCUT2D eigenvalue weighted by atomic mass is 10.0. The van der Waals surface area contributed by atoms with E-state index in [0.717, 1.165) is 22.3 Å². The molecule has 0 aliphatic rings. The highest BCUT2D eigenvalue weighted by molar-refractivity contribution is 7.90. The second kappa shape index (κ2) is 9.84. The largest absolute Gasteiger partial charge is 0.337 e. The third-order valence-electron chi connectivity index (χ3n) is 6.29. The molecule has 0 unspecified atom stereocenters. The molecule has 5 aromatic rings. The van der Waals surface area contributed by atoms with Crippen molar-refractivity contribution in [1.82, 2.24) is 4.57 Å². The number of sulfone groups is 1. The van der Waals surface area contributed by atoms with E-state index in [9.17, 15) is 13.2 Å². The number of para-hydroxylation sites is 2. The average molecular weight is 495 g/mol. The van der Waals surface area contributed by atoms with E-state index in [1.807, 2.05) is 104 Å². The number of carbonyl (C=O) groups is 1. The van der Waals surface area contributed by atoms with Crippen LogP contribution in [-0.4, -0.2) is 18.9 Å². The number of amides is 1. The van der Waals surface area contributed by atoms with Gasteiger partial charge in [0.25, 0.3) is 0 Å². The van der Waals surface area contributed by atoms with Crippen molar-refractivity contribution in [3.63, 3.8) is 0 Å². The molecular weight excluding hydrogens is 468 g/mol. The highest BCUT2D eigenvalue weighted by Gasteiger charge is 2.23. The summed E-state index contributed by atoms with van der Waals surface area (Å²) in [4.78, 5) is 13.4. The van der Waals surface area contributed by atoms with Crippen molar-refractivity contribution in [1.29, 1.82) is 0 Å². The first-order valence-electron chi connectivity index (χ1n) is 11.7. The topological polar surface area (TPSA) is 68.2 Å². The Bertz CT molecular complexity index is 1650. The van der Waals surface area contributed by atoms with Crippen LogP contribution in [0.1, 0.15) is 11.1 Å². The van der Waals surface area contributed by atoms with Crippen LogP contribution in [0.15, 0.2) is 114 Å². The molecule has 5 rings (SSSR count). The van der Waals surface area contributed by atoms with Gasteiger partial charge < -0.3 is 9.88 Å². The molecule has 0 spiro atoms. The van der Waals surface area contributed by atoms with Gasteiger partial charge >= 0.3 is 0 Å². The minimum atomic E-state index is -3.63.